The Kier molecular flexibility index (Phi) is 4.39. The minimum atomic E-state index is -0.117. The van der Waals surface area contributed by atoms with Gasteiger partial charge in [0.25, 0.3) is 0 Å². The van der Waals surface area contributed by atoms with Crippen LogP contribution in [0.1, 0.15) is 23.2 Å². The van der Waals surface area contributed by atoms with Gasteiger partial charge < -0.3 is 23.5 Å². The standard InChI is InChI=1S/C22H21N5O3/c1-14-11-27(13-23-14)17-9-8-16(24-22(17)28-3)21-25-29-12-18(26(21)2)20-10-15-6-4-5-7-19(15)30-20/h4-11,13,18H,12H2,1-3H3/t18-/m1/s1. The van der Waals surface area contributed by atoms with Crippen molar-refractivity contribution in [2.24, 2.45) is 5.16 Å². The van der Waals surface area contributed by atoms with Gasteiger partial charge in [0.15, 0.2) is 5.84 Å². The number of ether oxygens (including phenoxy) is 1. The van der Waals surface area contributed by atoms with Gasteiger partial charge in [-0.15, -0.1) is 0 Å². The molecule has 30 heavy (non-hydrogen) atoms. The third-order valence-electron chi connectivity index (χ3n) is 5.21. The number of hydrogen-bond acceptors (Lipinski definition) is 7. The molecule has 1 aliphatic rings. The smallest absolute Gasteiger partial charge is 0.238 e. The number of aromatic nitrogens is 3. The monoisotopic (exact) mass is 403 g/mol. The zero-order valence-electron chi connectivity index (χ0n) is 16.9. The number of rotatable bonds is 4. The van der Waals surface area contributed by atoms with Gasteiger partial charge in [0.1, 0.15) is 35.4 Å². The first-order valence-corrected chi connectivity index (χ1v) is 9.61. The number of fused-ring (bicyclic) bond motifs is 1. The molecule has 0 saturated heterocycles. The minimum Gasteiger partial charge on any atom is -0.479 e. The number of oxime groups is 1. The van der Waals surface area contributed by atoms with E-state index in [2.05, 4.69) is 15.1 Å². The van der Waals surface area contributed by atoms with Crippen LogP contribution in [0.4, 0.5) is 0 Å². The maximum absolute atomic E-state index is 6.05. The number of aryl methyl sites for hydroxylation is 1. The number of para-hydroxylation sites is 1. The molecule has 8 heteroatoms. The van der Waals surface area contributed by atoms with Gasteiger partial charge in [0.05, 0.1) is 19.1 Å². The molecule has 0 N–H and O–H groups in total. The second kappa shape index (κ2) is 7.22. The van der Waals surface area contributed by atoms with Gasteiger partial charge in [0, 0.05) is 18.6 Å². The Morgan fingerprint density at radius 2 is 2.03 bits per heavy atom. The van der Waals surface area contributed by atoms with Crippen LogP contribution >= 0.6 is 0 Å². The van der Waals surface area contributed by atoms with Crippen LogP contribution in [0.25, 0.3) is 16.7 Å². The second-order valence-corrected chi connectivity index (χ2v) is 7.17. The van der Waals surface area contributed by atoms with Crippen LogP contribution in [0.3, 0.4) is 0 Å². The molecule has 0 unspecified atom stereocenters. The zero-order valence-corrected chi connectivity index (χ0v) is 16.9. The summed E-state index contributed by atoms with van der Waals surface area (Å²) in [7, 11) is 3.56. The number of likely N-dealkylation sites (N-methyl/N-ethyl adjacent to an activating group) is 1. The predicted octanol–water partition coefficient (Wildman–Crippen LogP) is 3.70. The van der Waals surface area contributed by atoms with Crippen molar-refractivity contribution in [1.82, 2.24) is 19.4 Å². The lowest BCUT2D eigenvalue weighted by Crippen LogP contribution is -2.38. The maximum atomic E-state index is 6.05. The lowest BCUT2D eigenvalue weighted by atomic mass is 10.1. The fourth-order valence-electron chi connectivity index (χ4n) is 3.62. The third kappa shape index (κ3) is 3.06. The fourth-order valence-corrected chi connectivity index (χ4v) is 3.62. The van der Waals surface area contributed by atoms with Crippen LogP contribution in [-0.4, -0.2) is 46.0 Å². The molecule has 4 heterocycles. The van der Waals surface area contributed by atoms with Crippen molar-refractivity contribution >= 4 is 16.8 Å². The molecule has 1 aliphatic heterocycles. The SMILES string of the molecule is COc1nc(C2=NOC[C@H](c3cc4ccccc4o3)N2C)ccc1-n1cnc(C)c1. The number of hydrogen-bond donors (Lipinski definition) is 0. The second-order valence-electron chi connectivity index (χ2n) is 7.17. The number of benzene rings is 1. The van der Waals surface area contributed by atoms with E-state index in [1.165, 1.54) is 0 Å². The molecule has 0 spiro atoms. The van der Waals surface area contributed by atoms with E-state index < -0.39 is 0 Å². The third-order valence-corrected chi connectivity index (χ3v) is 5.21. The van der Waals surface area contributed by atoms with Gasteiger partial charge in [-0.1, -0.05) is 23.4 Å². The lowest BCUT2D eigenvalue weighted by molar-refractivity contribution is 0.0618. The van der Waals surface area contributed by atoms with E-state index in [1.807, 2.05) is 72.1 Å². The van der Waals surface area contributed by atoms with Crippen molar-refractivity contribution in [3.8, 4) is 11.6 Å². The fraction of sp³-hybridized carbons (Fsp3) is 0.227. The molecule has 152 valence electrons. The largest absolute Gasteiger partial charge is 0.479 e. The van der Waals surface area contributed by atoms with Gasteiger partial charge in [0.2, 0.25) is 5.88 Å². The molecule has 0 radical (unpaired) electrons. The minimum absolute atomic E-state index is 0.117. The van der Waals surface area contributed by atoms with Crippen LogP contribution in [0.15, 0.2) is 64.6 Å². The Balaban J connectivity index is 1.48. The van der Waals surface area contributed by atoms with E-state index in [9.17, 15) is 0 Å². The van der Waals surface area contributed by atoms with Crippen molar-refractivity contribution in [2.45, 2.75) is 13.0 Å². The van der Waals surface area contributed by atoms with Crippen LogP contribution in [0.5, 0.6) is 5.88 Å². The molecule has 0 aliphatic carbocycles. The number of methoxy groups -OCH3 is 1. The summed E-state index contributed by atoms with van der Waals surface area (Å²) in [5, 5.41) is 5.32. The molecule has 0 fully saturated rings. The van der Waals surface area contributed by atoms with E-state index in [0.717, 1.165) is 28.1 Å². The van der Waals surface area contributed by atoms with Gasteiger partial charge in [-0.2, -0.15) is 0 Å². The highest BCUT2D eigenvalue weighted by molar-refractivity contribution is 5.97. The predicted molar refractivity (Wildman–Crippen MR) is 112 cm³/mol. The van der Waals surface area contributed by atoms with Crippen LogP contribution in [-0.2, 0) is 4.84 Å². The molecule has 5 rings (SSSR count). The average Bonchev–Trinajstić information content (AvgIpc) is 3.39. The van der Waals surface area contributed by atoms with Crippen LogP contribution in [0, 0.1) is 6.92 Å². The highest BCUT2D eigenvalue weighted by atomic mass is 16.6. The van der Waals surface area contributed by atoms with Crippen LogP contribution < -0.4 is 4.74 Å². The van der Waals surface area contributed by atoms with Crippen molar-refractivity contribution in [1.29, 1.82) is 0 Å². The molecule has 3 aromatic heterocycles. The van der Waals surface area contributed by atoms with Gasteiger partial charge in [-0.3, -0.25) is 0 Å². The molecule has 4 aromatic rings. The summed E-state index contributed by atoms with van der Waals surface area (Å²) in [6, 6.07) is 13.7. The maximum Gasteiger partial charge on any atom is 0.238 e. The topological polar surface area (TPSA) is 77.9 Å². The quantitative estimate of drug-likeness (QED) is 0.517. The van der Waals surface area contributed by atoms with Crippen molar-refractivity contribution in [2.75, 3.05) is 20.8 Å². The summed E-state index contributed by atoms with van der Waals surface area (Å²) in [5.41, 5.74) is 3.22. The van der Waals surface area contributed by atoms with E-state index >= 15 is 0 Å². The highest BCUT2D eigenvalue weighted by Crippen LogP contribution is 2.31. The number of nitrogens with zero attached hydrogens (tertiary/aromatic N) is 5. The summed E-state index contributed by atoms with van der Waals surface area (Å²) in [5.74, 6) is 1.91. The first-order valence-electron chi connectivity index (χ1n) is 9.61. The summed E-state index contributed by atoms with van der Waals surface area (Å²) in [4.78, 5) is 16.5. The summed E-state index contributed by atoms with van der Waals surface area (Å²) in [6.45, 7) is 2.33. The van der Waals surface area contributed by atoms with E-state index in [4.69, 9.17) is 14.0 Å². The molecular weight excluding hydrogens is 382 g/mol. The Bertz CT molecular complexity index is 1210. The van der Waals surface area contributed by atoms with E-state index in [1.54, 1.807) is 13.4 Å². The van der Waals surface area contributed by atoms with Gasteiger partial charge in [-0.25, -0.2) is 9.97 Å². The van der Waals surface area contributed by atoms with E-state index in [0.29, 0.717) is 24.0 Å². The Hall–Kier alpha value is -3.81. The molecule has 0 bridgehead atoms. The van der Waals surface area contributed by atoms with Gasteiger partial charge in [-0.05, 0) is 31.2 Å². The number of imidazole rings is 1. The molecule has 0 amide bonds. The number of amidine groups is 1. The zero-order chi connectivity index (χ0) is 20.7. The first kappa shape index (κ1) is 18.2. The molecular formula is C22H21N5O3. The molecule has 1 atom stereocenters. The average molecular weight is 403 g/mol. The Morgan fingerprint density at radius 1 is 1.17 bits per heavy atom. The molecule has 1 aromatic carbocycles. The van der Waals surface area contributed by atoms with Crippen molar-refractivity contribution < 1.29 is 14.0 Å². The lowest BCUT2D eigenvalue weighted by Gasteiger charge is -2.31. The van der Waals surface area contributed by atoms with E-state index in [-0.39, 0.29) is 6.04 Å². The van der Waals surface area contributed by atoms with Crippen molar-refractivity contribution in [3.05, 3.63) is 72.1 Å². The summed E-state index contributed by atoms with van der Waals surface area (Å²) >= 11 is 0. The summed E-state index contributed by atoms with van der Waals surface area (Å²) in [6.07, 6.45) is 3.66. The Morgan fingerprint density at radius 3 is 2.80 bits per heavy atom. The summed E-state index contributed by atoms with van der Waals surface area (Å²) < 4.78 is 13.5. The molecule has 8 nitrogen and oxygen atoms in total. The normalized spacial score (nSPS) is 16.4. The number of furan rings is 1. The Labute approximate surface area is 173 Å². The van der Waals surface area contributed by atoms with Crippen molar-refractivity contribution in [3.63, 3.8) is 0 Å². The van der Waals surface area contributed by atoms with Gasteiger partial charge >= 0.3 is 0 Å². The first-order chi connectivity index (χ1) is 14.6. The van der Waals surface area contributed by atoms with Crippen LogP contribution in [0.2, 0.25) is 0 Å². The highest BCUT2D eigenvalue weighted by Gasteiger charge is 2.30. The molecule has 0 saturated carbocycles. The number of pyridine rings is 1.